The second-order valence-electron chi connectivity index (χ2n) is 11.2. The molecule has 0 aromatic carbocycles. The Morgan fingerprint density at radius 2 is 1.23 bits per heavy atom. The number of ether oxygens (including phenoxy) is 1. The van der Waals surface area contributed by atoms with E-state index in [1.807, 2.05) is 0 Å². The summed E-state index contributed by atoms with van der Waals surface area (Å²) < 4.78 is 5.87. The van der Waals surface area contributed by atoms with Gasteiger partial charge in [-0.05, 0) is 83.6 Å². The van der Waals surface area contributed by atoms with E-state index in [0.717, 1.165) is 57.8 Å². The van der Waals surface area contributed by atoms with Crippen LogP contribution in [0.3, 0.4) is 0 Å². The van der Waals surface area contributed by atoms with Gasteiger partial charge in [-0.15, -0.1) is 0 Å². The Morgan fingerprint density at radius 3 is 1.85 bits per heavy atom. The number of rotatable bonds is 29. The topological polar surface area (TPSA) is 119 Å². The maximum atomic E-state index is 12.5. The molecule has 0 fully saturated rings. The van der Waals surface area contributed by atoms with Gasteiger partial charge in [0.1, 0.15) is 12.1 Å². The third kappa shape index (κ3) is 25.1. The van der Waals surface area contributed by atoms with E-state index in [9.17, 15) is 19.5 Å². The predicted molar refractivity (Wildman–Crippen MR) is 165 cm³/mol. The van der Waals surface area contributed by atoms with E-state index in [4.69, 9.17) is 10.5 Å². The van der Waals surface area contributed by atoms with Crippen LogP contribution in [0, 0.1) is 0 Å². The van der Waals surface area contributed by atoms with Crippen molar-refractivity contribution >= 4 is 17.8 Å². The Labute approximate surface area is 245 Å². The lowest BCUT2D eigenvalue weighted by Gasteiger charge is -2.18. The highest BCUT2D eigenvalue weighted by molar-refractivity contribution is 5.83. The van der Waals surface area contributed by atoms with Crippen molar-refractivity contribution in [2.24, 2.45) is 5.73 Å². The molecule has 40 heavy (non-hydrogen) atoms. The van der Waals surface area contributed by atoms with Crippen LogP contribution >= 0.6 is 0 Å². The number of carboxylic acid groups (broad SMARTS) is 1. The number of nitrogens with one attached hydrogen (secondary N) is 1. The fraction of sp³-hybridized carbons (Fsp3) is 0.848. The summed E-state index contributed by atoms with van der Waals surface area (Å²) in [4.78, 5) is 35.9. The Bertz CT molecular complexity index is 653. The van der Waals surface area contributed by atoms with Gasteiger partial charge in [0.15, 0.2) is 0 Å². The van der Waals surface area contributed by atoms with Crippen molar-refractivity contribution in [2.75, 3.05) is 6.54 Å². The minimum Gasteiger partial charge on any atom is -0.480 e. The molecule has 0 bridgehead atoms. The molecule has 4 N–H and O–H groups in total. The molecule has 0 heterocycles. The SMILES string of the molecule is CCCCC/C=C\CCCCCCCC(=O)OC(CCCCCC)CCCCCC(=O)NC(CCCN)C(=O)O. The van der Waals surface area contributed by atoms with E-state index < -0.39 is 12.0 Å². The molecule has 7 heteroatoms. The molecule has 1 amide bonds. The highest BCUT2D eigenvalue weighted by atomic mass is 16.5. The molecule has 0 aromatic heterocycles. The number of unbranched alkanes of at least 4 members (excludes halogenated alkanes) is 13. The largest absolute Gasteiger partial charge is 0.480 e. The average Bonchev–Trinajstić information content (AvgIpc) is 2.93. The normalized spacial score (nSPS) is 12.9. The van der Waals surface area contributed by atoms with E-state index in [2.05, 4.69) is 31.3 Å². The van der Waals surface area contributed by atoms with Crippen LogP contribution in [-0.2, 0) is 19.1 Å². The van der Waals surface area contributed by atoms with Gasteiger partial charge >= 0.3 is 11.9 Å². The number of carbonyl (C=O) groups is 3. The molecule has 0 aliphatic carbocycles. The van der Waals surface area contributed by atoms with E-state index in [1.165, 1.54) is 57.8 Å². The number of carbonyl (C=O) groups excluding carboxylic acids is 2. The maximum Gasteiger partial charge on any atom is 0.326 e. The molecule has 7 nitrogen and oxygen atoms in total. The average molecular weight is 567 g/mol. The summed E-state index contributed by atoms with van der Waals surface area (Å²) in [7, 11) is 0. The number of nitrogens with two attached hydrogens (primary N) is 1. The fourth-order valence-electron chi connectivity index (χ4n) is 4.80. The number of esters is 1. The van der Waals surface area contributed by atoms with Crippen LogP contribution in [0.25, 0.3) is 0 Å². The lowest BCUT2D eigenvalue weighted by Crippen LogP contribution is -2.40. The van der Waals surface area contributed by atoms with Gasteiger partial charge in [-0.2, -0.15) is 0 Å². The molecule has 0 aromatic rings. The summed E-state index contributed by atoms with van der Waals surface area (Å²) in [6.07, 6.45) is 26.9. The van der Waals surface area contributed by atoms with E-state index in [-0.39, 0.29) is 18.0 Å². The summed E-state index contributed by atoms with van der Waals surface area (Å²) >= 11 is 0. The van der Waals surface area contributed by atoms with Gasteiger partial charge in [0.2, 0.25) is 5.91 Å². The minimum absolute atomic E-state index is 0.0463. The second kappa shape index (κ2) is 28.6. The van der Waals surface area contributed by atoms with Crippen LogP contribution in [0.5, 0.6) is 0 Å². The molecule has 0 aliphatic heterocycles. The molecule has 234 valence electrons. The molecular weight excluding hydrogens is 504 g/mol. The first kappa shape index (κ1) is 38.1. The second-order valence-corrected chi connectivity index (χ2v) is 11.2. The van der Waals surface area contributed by atoms with Gasteiger partial charge in [0.25, 0.3) is 0 Å². The Morgan fingerprint density at radius 1 is 0.700 bits per heavy atom. The zero-order valence-electron chi connectivity index (χ0n) is 25.9. The van der Waals surface area contributed by atoms with Crippen molar-refractivity contribution in [3.05, 3.63) is 12.2 Å². The summed E-state index contributed by atoms with van der Waals surface area (Å²) in [5.74, 6) is -1.33. The molecule has 2 atom stereocenters. The quantitative estimate of drug-likeness (QED) is 0.0479. The molecule has 0 saturated carbocycles. The van der Waals surface area contributed by atoms with Crippen LogP contribution in [0.2, 0.25) is 0 Å². The zero-order valence-corrected chi connectivity index (χ0v) is 25.9. The number of allylic oxidation sites excluding steroid dienone is 2. The monoisotopic (exact) mass is 566 g/mol. The first-order valence-corrected chi connectivity index (χ1v) is 16.5. The summed E-state index contributed by atoms with van der Waals surface area (Å²) in [5.41, 5.74) is 5.45. The van der Waals surface area contributed by atoms with Crippen LogP contribution in [0.15, 0.2) is 12.2 Å². The molecule has 0 radical (unpaired) electrons. The highest BCUT2D eigenvalue weighted by Gasteiger charge is 2.19. The number of hydrogen-bond acceptors (Lipinski definition) is 5. The van der Waals surface area contributed by atoms with Crippen molar-refractivity contribution in [3.8, 4) is 0 Å². The van der Waals surface area contributed by atoms with Gasteiger partial charge in [-0.25, -0.2) is 4.79 Å². The zero-order chi connectivity index (χ0) is 29.7. The molecule has 0 spiro atoms. The van der Waals surface area contributed by atoms with Gasteiger partial charge in [0, 0.05) is 12.8 Å². The standard InChI is InChI=1S/C33H62N2O5/c1-3-5-7-9-10-11-12-13-14-15-16-21-27-32(37)40-29(23-18-8-6-4-2)24-19-17-20-26-31(36)35-30(33(38)39)25-22-28-34/h10-11,29-30H,3-9,12-28,34H2,1-2H3,(H,35,36)(H,38,39)/b11-10-. The van der Waals surface area contributed by atoms with Crippen molar-refractivity contribution in [3.63, 3.8) is 0 Å². The van der Waals surface area contributed by atoms with Crippen molar-refractivity contribution in [2.45, 2.75) is 174 Å². The minimum atomic E-state index is -1.02. The van der Waals surface area contributed by atoms with E-state index in [1.54, 1.807) is 0 Å². The first-order chi connectivity index (χ1) is 19.4. The lowest BCUT2D eigenvalue weighted by atomic mass is 10.0. The maximum absolute atomic E-state index is 12.5. The number of hydrogen-bond donors (Lipinski definition) is 3. The van der Waals surface area contributed by atoms with Crippen molar-refractivity contribution in [1.82, 2.24) is 5.32 Å². The van der Waals surface area contributed by atoms with Crippen LogP contribution in [0.4, 0.5) is 0 Å². The Balaban J connectivity index is 4.16. The van der Waals surface area contributed by atoms with E-state index >= 15 is 0 Å². The highest BCUT2D eigenvalue weighted by Crippen LogP contribution is 2.17. The Hall–Kier alpha value is -1.89. The number of aliphatic carboxylic acids is 1. The first-order valence-electron chi connectivity index (χ1n) is 16.5. The van der Waals surface area contributed by atoms with Crippen molar-refractivity contribution in [1.29, 1.82) is 0 Å². The smallest absolute Gasteiger partial charge is 0.326 e. The van der Waals surface area contributed by atoms with Crippen molar-refractivity contribution < 1.29 is 24.2 Å². The van der Waals surface area contributed by atoms with Crippen LogP contribution in [-0.4, -0.2) is 41.6 Å². The van der Waals surface area contributed by atoms with Gasteiger partial charge in [-0.3, -0.25) is 9.59 Å². The van der Waals surface area contributed by atoms with Crippen LogP contribution < -0.4 is 11.1 Å². The van der Waals surface area contributed by atoms with Crippen LogP contribution in [0.1, 0.15) is 162 Å². The molecule has 0 aliphatic rings. The Kier molecular flexibility index (Phi) is 27.3. The summed E-state index contributed by atoms with van der Waals surface area (Å²) in [6.45, 7) is 4.83. The summed E-state index contributed by atoms with van der Waals surface area (Å²) in [6, 6.07) is -0.870. The summed E-state index contributed by atoms with van der Waals surface area (Å²) in [5, 5.41) is 11.8. The lowest BCUT2D eigenvalue weighted by molar-refractivity contribution is -0.150. The van der Waals surface area contributed by atoms with Gasteiger partial charge in [0.05, 0.1) is 0 Å². The molecular formula is C33H62N2O5. The molecule has 0 saturated heterocycles. The van der Waals surface area contributed by atoms with Gasteiger partial charge < -0.3 is 20.9 Å². The third-order valence-electron chi connectivity index (χ3n) is 7.33. The predicted octanol–water partition coefficient (Wildman–Crippen LogP) is 7.99. The molecule has 0 rings (SSSR count). The van der Waals surface area contributed by atoms with E-state index in [0.29, 0.717) is 38.6 Å². The number of carboxylic acids is 1. The fourth-order valence-corrected chi connectivity index (χ4v) is 4.80. The van der Waals surface area contributed by atoms with Gasteiger partial charge in [-0.1, -0.05) is 83.8 Å². The molecule has 2 unspecified atom stereocenters. The third-order valence-corrected chi connectivity index (χ3v) is 7.33. The number of amides is 1.